The van der Waals surface area contributed by atoms with E-state index in [2.05, 4.69) is 0 Å². The second-order valence-corrected chi connectivity index (χ2v) is 2.09. The van der Waals surface area contributed by atoms with Crippen LogP contribution in [-0.4, -0.2) is 37.7 Å². The number of nitrogens with one attached hydrogen (secondary N) is 1. The zero-order chi connectivity index (χ0) is 9.94. The largest absolute Gasteiger partial charge is 0.328 e. The van der Waals surface area contributed by atoms with E-state index in [0.29, 0.717) is 26.1 Å². The van der Waals surface area contributed by atoms with Crippen molar-refractivity contribution in [1.82, 2.24) is 5.23 Å². The summed E-state index contributed by atoms with van der Waals surface area (Å²) in [5.74, 6) is 0. The Labute approximate surface area is 77.2 Å². The van der Waals surface area contributed by atoms with Gasteiger partial charge in [0.15, 0.2) is 0 Å². The van der Waals surface area contributed by atoms with Gasteiger partial charge >= 0.3 is 0 Å². The summed E-state index contributed by atoms with van der Waals surface area (Å²) in [6.07, 6.45) is 1.41. The van der Waals surface area contributed by atoms with Crippen LogP contribution >= 0.6 is 0 Å². The number of rotatable bonds is 8. The Bertz CT molecular complexity index is 168. The third-order valence-corrected chi connectivity index (χ3v) is 1.06. The minimum Gasteiger partial charge on any atom is -0.328 e. The first-order valence-corrected chi connectivity index (χ1v) is 3.94. The average molecular weight is 186 g/mol. The van der Waals surface area contributed by atoms with E-state index < -0.39 is 0 Å². The van der Waals surface area contributed by atoms with Crippen LogP contribution in [0.15, 0.2) is 0 Å². The van der Waals surface area contributed by atoms with Gasteiger partial charge in [-0.05, 0) is 0 Å². The molecule has 0 radical (unpaired) electrons. The second kappa shape index (κ2) is 9.09. The van der Waals surface area contributed by atoms with Crippen LogP contribution in [0.3, 0.4) is 0 Å². The predicted octanol–water partition coefficient (Wildman–Crippen LogP) is -0.326. The molecule has 0 heterocycles. The van der Waals surface area contributed by atoms with E-state index in [4.69, 9.17) is 26.1 Å². The molecule has 0 amide bonds. The van der Waals surface area contributed by atoms with Gasteiger partial charge in [-0.1, -0.05) is 5.23 Å². The lowest BCUT2D eigenvalue weighted by Gasteiger charge is -2.18. The van der Waals surface area contributed by atoms with Gasteiger partial charge in [0.2, 0.25) is 0 Å². The maximum absolute atomic E-state index is 8.31. The van der Waals surface area contributed by atoms with Crippen molar-refractivity contribution >= 4 is 6.21 Å². The van der Waals surface area contributed by atoms with Crippen molar-refractivity contribution in [2.45, 2.75) is 6.42 Å². The molecule has 0 aromatic carbocycles. The zero-order valence-electron chi connectivity index (χ0n) is 7.40. The number of nitriles is 1. The van der Waals surface area contributed by atoms with Crippen LogP contribution in [0.25, 0.3) is 0 Å². The van der Waals surface area contributed by atoms with Crippen LogP contribution < -0.4 is 5.73 Å². The fourth-order valence-corrected chi connectivity index (χ4v) is 0.583. The molecule has 0 spiro atoms. The molecule has 0 aliphatic carbocycles. The Morgan fingerprint density at radius 3 is 2.85 bits per heavy atom. The lowest BCUT2D eigenvalue weighted by Crippen LogP contribution is -2.28. The Balaban J connectivity index is 3.60. The van der Waals surface area contributed by atoms with Gasteiger partial charge < -0.3 is 11.1 Å². The molecule has 0 fully saturated rings. The molecule has 0 rings (SSSR count). The molecule has 0 aromatic rings. The molecule has 0 aromatic heterocycles. The molecular formula is C7H14N4O2. The van der Waals surface area contributed by atoms with Crippen molar-refractivity contribution in [2.24, 2.45) is 5.73 Å². The van der Waals surface area contributed by atoms with Crippen LogP contribution in [-0.2, 0) is 9.68 Å². The summed E-state index contributed by atoms with van der Waals surface area (Å²) >= 11 is 0. The number of hydrogen-bond donors (Lipinski definition) is 2. The van der Waals surface area contributed by atoms with E-state index in [1.807, 2.05) is 6.07 Å². The van der Waals surface area contributed by atoms with E-state index in [9.17, 15) is 0 Å². The van der Waals surface area contributed by atoms with Crippen molar-refractivity contribution < 1.29 is 9.68 Å². The third kappa shape index (κ3) is 7.36. The molecule has 13 heavy (non-hydrogen) atoms. The number of nitrogens with two attached hydrogens (primary N) is 1. The molecule has 0 aliphatic heterocycles. The minimum atomic E-state index is 0.135. The molecule has 0 saturated heterocycles. The highest BCUT2D eigenvalue weighted by Crippen LogP contribution is 1.93. The summed E-state index contributed by atoms with van der Waals surface area (Å²) in [5, 5.41) is 16.2. The molecule has 0 aliphatic rings. The predicted molar refractivity (Wildman–Crippen MR) is 46.7 cm³/mol. The third-order valence-electron chi connectivity index (χ3n) is 1.06. The fraction of sp³-hybridized carbons (Fsp3) is 0.714. The highest BCUT2D eigenvalue weighted by atomic mass is 16.9. The maximum Gasteiger partial charge on any atom is 0.106 e. The first-order valence-electron chi connectivity index (χ1n) is 3.94. The monoisotopic (exact) mass is 186 g/mol. The van der Waals surface area contributed by atoms with E-state index in [-0.39, 0.29) is 6.61 Å². The summed E-state index contributed by atoms with van der Waals surface area (Å²) < 4.78 is 0. The SMILES string of the molecule is N#CCCN(OCC=N)OCCN. The van der Waals surface area contributed by atoms with Crippen molar-refractivity contribution in [3.05, 3.63) is 0 Å². The molecule has 3 N–H and O–H groups in total. The van der Waals surface area contributed by atoms with Gasteiger partial charge in [-0.15, -0.1) is 0 Å². The molecule has 0 saturated carbocycles. The van der Waals surface area contributed by atoms with Crippen LogP contribution in [0, 0.1) is 16.7 Å². The zero-order valence-corrected chi connectivity index (χ0v) is 7.40. The minimum absolute atomic E-state index is 0.135. The standard InChI is InChI=1S/C7H14N4O2/c8-2-1-5-11(12-6-3-9)13-7-4-10/h3,9H,1,4-7,10H2. The normalized spacial score (nSPS) is 9.92. The van der Waals surface area contributed by atoms with Crippen LogP contribution in [0.5, 0.6) is 0 Å². The van der Waals surface area contributed by atoms with Crippen molar-refractivity contribution in [3.63, 3.8) is 0 Å². The van der Waals surface area contributed by atoms with Gasteiger partial charge in [0.1, 0.15) is 6.61 Å². The van der Waals surface area contributed by atoms with Crippen LogP contribution in [0.4, 0.5) is 0 Å². The lowest BCUT2D eigenvalue weighted by atomic mass is 10.5. The van der Waals surface area contributed by atoms with E-state index in [1.165, 1.54) is 5.23 Å². The second-order valence-electron chi connectivity index (χ2n) is 2.09. The summed E-state index contributed by atoms with van der Waals surface area (Å²) in [6.45, 7) is 1.21. The quantitative estimate of drug-likeness (QED) is 0.400. The summed E-state index contributed by atoms with van der Waals surface area (Å²) in [4.78, 5) is 9.98. The van der Waals surface area contributed by atoms with Crippen LogP contribution in [0.2, 0.25) is 0 Å². The fourth-order valence-electron chi connectivity index (χ4n) is 0.583. The summed E-state index contributed by atoms with van der Waals surface area (Å²) in [7, 11) is 0. The van der Waals surface area contributed by atoms with E-state index in [0.717, 1.165) is 6.21 Å². The van der Waals surface area contributed by atoms with Crippen molar-refractivity contribution in [2.75, 3.05) is 26.3 Å². The molecule has 6 heteroatoms. The molecular weight excluding hydrogens is 172 g/mol. The van der Waals surface area contributed by atoms with Gasteiger partial charge in [-0.2, -0.15) is 5.26 Å². The van der Waals surface area contributed by atoms with Gasteiger partial charge in [-0.3, -0.25) is 9.68 Å². The maximum atomic E-state index is 8.31. The first kappa shape index (κ1) is 12.0. The topological polar surface area (TPSA) is 95.4 Å². The first-order chi connectivity index (χ1) is 6.35. The lowest BCUT2D eigenvalue weighted by molar-refractivity contribution is -0.359. The highest BCUT2D eigenvalue weighted by molar-refractivity contribution is 5.53. The summed E-state index contributed by atoms with van der Waals surface area (Å²) in [5.41, 5.74) is 5.22. The Morgan fingerprint density at radius 1 is 1.54 bits per heavy atom. The summed E-state index contributed by atoms with van der Waals surface area (Å²) in [6, 6.07) is 1.96. The Kier molecular flexibility index (Phi) is 8.39. The molecule has 0 bridgehead atoms. The molecule has 6 nitrogen and oxygen atoms in total. The van der Waals surface area contributed by atoms with Crippen LogP contribution in [0.1, 0.15) is 6.42 Å². The highest BCUT2D eigenvalue weighted by Gasteiger charge is 2.03. The number of hydrogen-bond acceptors (Lipinski definition) is 6. The van der Waals surface area contributed by atoms with Gasteiger partial charge in [-0.25, -0.2) is 0 Å². The van der Waals surface area contributed by atoms with E-state index >= 15 is 0 Å². The molecule has 0 unspecified atom stereocenters. The molecule has 74 valence electrons. The number of hydroxylamine groups is 2. The van der Waals surface area contributed by atoms with E-state index in [1.54, 1.807) is 0 Å². The number of nitrogens with zero attached hydrogens (tertiary/aromatic N) is 2. The van der Waals surface area contributed by atoms with Crippen molar-refractivity contribution in [3.8, 4) is 6.07 Å². The van der Waals surface area contributed by atoms with Gasteiger partial charge in [0.25, 0.3) is 0 Å². The average Bonchev–Trinajstić information content (AvgIpc) is 2.17. The van der Waals surface area contributed by atoms with Crippen molar-refractivity contribution in [1.29, 1.82) is 10.7 Å². The smallest absolute Gasteiger partial charge is 0.106 e. The Hall–Kier alpha value is -1.00. The van der Waals surface area contributed by atoms with Gasteiger partial charge in [0.05, 0.1) is 25.6 Å². The Morgan fingerprint density at radius 2 is 2.31 bits per heavy atom. The molecule has 0 atom stereocenters. The van der Waals surface area contributed by atoms with Gasteiger partial charge in [0, 0.05) is 12.8 Å².